The molecule has 0 unspecified atom stereocenters. The third kappa shape index (κ3) is 6.21. The Morgan fingerprint density at radius 3 is 2.36 bits per heavy atom. The molecule has 25 heavy (non-hydrogen) atoms. The quantitative estimate of drug-likeness (QED) is 0.587. The number of pyridine rings is 1. The number of nitrogens with zero attached hydrogens (tertiary/aromatic N) is 1. The number of amides is 2. The second kappa shape index (κ2) is 10.0. The molecule has 0 bridgehead atoms. The third-order valence-corrected chi connectivity index (χ3v) is 3.17. The fraction of sp³-hybridized carbons (Fsp3) is 0.438. The van der Waals surface area contributed by atoms with Crippen molar-refractivity contribution < 1.29 is 28.7 Å². The lowest BCUT2D eigenvalue weighted by Gasteiger charge is -2.23. The van der Waals surface area contributed by atoms with Crippen LogP contribution in [0.2, 0.25) is 0 Å². The number of hydrogen-bond acceptors (Lipinski definition) is 7. The highest BCUT2D eigenvalue weighted by Crippen LogP contribution is 2.14. The minimum Gasteiger partial charge on any atom is -0.466 e. The Hall–Kier alpha value is -2.97. The van der Waals surface area contributed by atoms with Gasteiger partial charge >= 0.3 is 11.9 Å². The van der Waals surface area contributed by atoms with Crippen LogP contribution in [0.15, 0.2) is 24.4 Å². The Labute approximate surface area is 144 Å². The van der Waals surface area contributed by atoms with Crippen molar-refractivity contribution in [2.75, 3.05) is 13.2 Å². The average molecular weight is 351 g/mol. The monoisotopic (exact) mass is 351 g/mol. The molecule has 2 amide bonds. The number of rotatable bonds is 9. The van der Waals surface area contributed by atoms with Crippen molar-refractivity contribution in [2.24, 2.45) is 11.7 Å². The van der Waals surface area contributed by atoms with Gasteiger partial charge in [-0.25, -0.2) is 0 Å². The van der Waals surface area contributed by atoms with Crippen molar-refractivity contribution in [1.82, 2.24) is 10.3 Å². The van der Waals surface area contributed by atoms with Crippen LogP contribution < -0.4 is 11.1 Å². The van der Waals surface area contributed by atoms with E-state index in [2.05, 4.69) is 10.3 Å². The second-order valence-electron chi connectivity index (χ2n) is 4.94. The van der Waals surface area contributed by atoms with E-state index in [9.17, 15) is 19.2 Å². The summed E-state index contributed by atoms with van der Waals surface area (Å²) in [7, 11) is 0. The van der Waals surface area contributed by atoms with E-state index in [4.69, 9.17) is 15.2 Å². The zero-order valence-corrected chi connectivity index (χ0v) is 14.1. The minimum absolute atomic E-state index is 0.0347. The Morgan fingerprint density at radius 1 is 1.16 bits per heavy atom. The van der Waals surface area contributed by atoms with Crippen molar-refractivity contribution in [3.8, 4) is 0 Å². The van der Waals surface area contributed by atoms with Gasteiger partial charge in [0.1, 0.15) is 11.7 Å². The number of carbonyl (C=O) groups excluding carboxylic acids is 4. The van der Waals surface area contributed by atoms with Crippen molar-refractivity contribution in [3.63, 3.8) is 0 Å². The maximum Gasteiger partial charge on any atom is 0.312 e. The number of ether oxygens (including phenoxy) is 2. The van der Waals surface area contributed by atoms with E-state index in [1.165, 1.54) is 12.3 Å². The molecule has 0 aliphatic heterocycles. The Kier molecular flexibility index (Phi) is 8.04. The fourth-order valence-electron chi connectivity index (χ4n) is 2.07. The molecule has 0 fully saturated rings. The first kappa shape index (κ1) is 20.1. The largest absolute Gasteiger partial charge is 0.466 e. The molecule has 3 N–H and O–H groups in total. The molecule has 9 nitrogen and oxygen atoms in total. The molecule has 0 aliphatic rings. The van der Waals surface area contributed by atoms with Gasteiger partial charge in [0.15, 0.2) is 0 Å². The van der Waals surface area contributed by atoms with Gasteiger partial charge in [0.05, 0.1) is 25.6 Å². The van der Waals surface area contributed by atoms with Crippen LogP contribution in [0.1, 0.15) is 30.8 Å². The minimum atomic E-state index is -1.45. The van der Waals surface area contributed by atoms with E-state index in [1.807, 2.05) is 0 Å². The molecule has 1 heterocycles. The van der Waals surface area contributed by atoms with Gasteiger partial charge in [-0.3, -0.25) is 24.2 Å². The topological polar surface area (TPSA) is 138 Å². The molecule has 0 aromatic carbocycles. The highest BCUT2D eigenvalue weighted by atomic mass is 16.5. The van der Waals surface area contributed by atoms with E-state index in [1.54, 1.807) is 26.0 Å². The summed E-state index contributed by atoms with van der Waals surface area (Å²) in [6.07, 6.45) is 0.943. The summed E-state index contributed by atoms with van der Waals surface area (Å²) in [5.41, 5.74) is 5.35. The molecule has 136 valence electrons. The van der Waals surface area contributed by atoms with Crippen LogP contribution in [0.3, 0.4) is 0 Å². The number of primary amides is 1. The smallest absolute Gasteiger partial charge is 0.312 e. The Bertz CT molecular complexity index is 620. The van der Waals surface area contributed by atoms with Crippen molar-refractivity contribution in [1.29, 1.82) is 0 Å². The van der Waals surface area contributed by atoms with Crippen LogP contribution in [0, 0.1) is 5.92 Å². The molecule has 0 saturated carbocycles. The summed E-state index contributed by atoms with van der Waals surface area (Å²) in [6, 6.07) is 3.18. The van der Waals surface area contributed by atoms with Gasteiger partial charge in [-0.2, -0.15) is 0 Å². The second-order valence-corrected chi connectivity index (χ2v) is 4.94. The van der Waals surface area contributed by atoms with Crippen LogP contribution in [0.4, 0.5) is 0 Å². The SMILES string of the molecule is CCOC(=O)C[C@@H](C(=O)OCC)[C@@H](NC(=O)c1ccccn1)C(N)=O. The predicted molar refractivity (Wildman–Crippen MR) is 86.1 cm³/mol. The van der Waals surface area contributed by atoms with E-state index >= 15 is 0 Å². The third-order valence-electron chi connectivity index (χ3n) is 3.17. The van der Waals surface area contributed by atoms with Crippen LogP contribution >= 0.6 is 0 Å². The average Bonchev–Trinajstić information content (AvgIpc) is 2.58. The highest BCUT2D eigenvalue weighted by molar-refractivity contribution is 5.98. The molecule has 9 heteroatoms. The molecular weight excluding hydrogens is 330 g/mol. The molecule has 0 spiro atoms. The van der Waals surface area contributed by atoms with Gasteiger partial charge in [0.25, 0.3) is 5.91 Å². The summed E-state index contributed by atoms with van der Waals surface area (Å²) < 4.78 is 9.68. The zero-order valence-electron chi connectivity index (χ0n) is 14.1. The zero-order chi connectivity index (χ0) is 18.8. The molecule has 1 aromatic heterocycles. The molecular formula is C16H21N3O6. The molecule has 0 aliphatic carbocycles. The summed E-state index contributed by atoms with van der Waals surface area (Å²) in [4.78, 5) is 51.7. The fourth-order valence-corrected chi connectivity index (χ4v) is 2.07. The lowest BCUT2D eigenvalue weighted by molar-refractivity contribution is -0.156. The lowest BCUT2D eigenvalue weighted by atomic mass is 9.95. The Morgan fingerprint density at radius 2 is 1.84 bits per heavy atom. The van der Waals surface area contributed by atoms with Crippen molar-refractivity contribution in [3.05, 3.63) is 30.1 Å². The molecule has 2 atom stereocenters. The van der Waals surface area contributed by atoms with Gasteiger partial charge in [0.2, 0.25) is 5.91 Å². The first-order valence-electron chi connectivity index (χ1n) is 7.74. The summed E-state index contributed by atoms with van der Waals surface area (Å²) >= 11 is 0. The number of nitrogens with one attached hydrogen (secondary N) is 1. The number of aromatic nitrogens is 1. The number of carbonyl (C=O) groups is 4. The highest BCUT2D eigenvalue weighted by Gasteiger charge is 2.37. The van der Waals surface area contributed by atoms with Crippen LogP contribution in [-0.2, 0) is 23.9 Å². The van der Waals surface area contributed by atoms with Gasteiger partial charge in [-0.05, 0) is 26.0 Å². The molecule has 0 saturated heterocycles. The number of esters is 2. The summed E-state index contributed by atoms with van der Waals surface area (Å²) in [5, 5.41) is 2.34. The standard InChI is InChI=1S/C16H21N3O6/c1-3-24-12(20)9-10(16(23)25-4-2)13(14(17)21)19-15(22)11-7-5-6-8-18-11/h5-8,10,13H,3-4,9H2,1-2H3,(H2,17,21)(H,19,22)/t10-,13-/m1/s1. The number of nitrogens with two attached hydrogens (primary N) is 1. The summed E-state index contributed by atoms with van der Waals surface area (Å²) in [5.74, 6) is -4.53. The predicted octanol–water partition coefficient (Wildman–Crippen LogP) is -0.202. The lowest BCUT2D eigenvalue weighted by Crippen LogP contribution is -2.52. The maximum absolute atomic E-state index is 12.2. The summed E-state index contributed by atoms with van der Waals surface area (Å²) in [6.45, 7) is 3.32. The van der Waals surface area contributed by atoms with E-state index in [0.29, 0.717) is 0 Å². The van der Waals surface area contributed by atoms with Crippen LogP contribution in [0.5, 0.6) is 0 Å². The van der Waals surface area contributed by atoms with Gasteiger partial charge in [-0.1, -0.05) is 6.07 Å². The first-order valence-corrected chi connectivity index (χ1v) is 7.74. The van der Waals surface area contributed by atoms with Gasteiger partial charge in [0, 0.05) is 6.20 Å². The van der Waals surface area contributed by atoms with E-state index < -0.39 is 42.1 Å². The van der Waals surface area contributed by atoms with Crippen LogP contribution in [-0.4, -0.2) is 48.0 Å². The van der Waals surface area contributed by atoms with E-state index in [0.717, 1.165) is 0 Å². The molecule has 1 rings (SSSR count). The van der Waals surface area contributed by atoms with Crippen molar-refractivity contribution >= 4 is 23.8 Å². The molecule has 0 radical (unpaired) electrons. The Balaban J connectivity index is 3.01. The number of hydrogen-bond donors (Lipinski definition) is 2. The normalized spacial score (nSPS) is 12.6. The van der Waals surface area contributed by atoms with Crippen molar-refractivity contribution in [2.45, 2.75) is 26.3 Å². The van der Waals surface area contributed by atoms with Crippen LogP contribution in [0.25, 0.3) is 0 Å². The first-order chi connectivity index (χ1) is 11.9. The molecule has 1 aromatic rings. The van der Waals surface area contributed by atoms with Gasteiger partial charge < -0.3 is 20.5 Å². The maximum atomic E-state index is 12.2. The van der Waals surface area contributed by atoms with Gasteiger partial charge in [-0.15, -0.1) is 0 Å². The van der Waals surface area contributed by atoms with E-state index in [-0.39, 0.29) is 18.9 Å².